The topological polar surface area (TPSA) is 43.4 Å². The van der Waals surface area contributed by atoms with Crippen LogP contribution in [0.4, 0.5) is 0 Å². The molecule has 1 aliphatic carbocycles. The van der Waals surface area contributed by atoms with Gasteiger partial charge in [0.15, 0.2) is 0 Å². The number of esters is 1. The van der Waals surface area contributed by atoms with Crippen LogP contribution < -0.4 is 0 Å². The molecule has 0 aromatic heterocycles. The van der Waals surface area contributed by atoms with Gasteiger partial charge in [0.2, 0.25) is 0 Å². The highest BCUT2D eigenvalue weighted by Gasteiger charge is 2.35. The number of rotatable bonds is 3. The van der Waals surface area contributed by atoms with Crippen LogP contribution in [-0.2, 0) is 14.3 Å². The van der Waals surface area contributed by atoms with Gasteiger partial charge in [-0.2, -0.15) is 0 Å². The predicted molar refractivity (Wildman–Crippen MR) is 52.8 cm³/mol. The van der Waals surface area contributed by atoms with E-state index in [0.717, 1.165) is 25.7 Å². The van der Waals surface area contributed by atoms with Gasteiger partial charge in [-0.3, -0.25) is 9.59 Å². The van der Waals surface area contributed by atoms with Crippen LogP contribution in [0.5, 0.6) is 0 Å². The second-order valence-electron chi connectivity index (χ2n) is 3.84. The van der Waals surface area contributed by atoms with Crippen LogP contribution in [-0.4, -0.2) is 18.9 Å². The van der Waals surface area contributed by atoms with E-state index in [1.165, 1.54) is 7.11 Å². The van der Waals surface area contributed by atoms with Crippen LogP contribution in [0.3, 0.4) is 0 Å². The van der Waals surface area contributed by atoms with Crippen molar-refractivity contribution in [2.75, 3.05) is 7.11 Å². The summed E-state index contributed by atoms with van der Waals surface area (Å²) < 4.78 is 4.72. The summed E-state index contributed by atoms with van der Waals surface area (Å²) in [6.45, 7) is 1.85. The summed E-state index contributed by atoms with van der Waals surface area (Å²) in [6, 6.07) is 0. The molecule has 1 fully saturated rings. The fourth-order valence-electron chi connectivity index (χ4n) is 2.21. The predicted octanol–water partition coefficient (Wildman–Crippen LogP) is 1.94. The molecule has 0 spiro atoms. The average molecular weight is 198 g/mol. The first-order valence-electron chi connectivity index (χ1n) is 5.31. The van der Waals surface area contributed by atoms with Gasteiger partial charge < -0.3 is 4.74 Å². The zero-order chi connectivity index (χ0) is 10.6. The molecule has 1 saturated carbocycles. The summed E-state index contributed by atoms with van der Waals surface area (Å²) in [5.74, 6) is -0.265. The second kappa shape index (κ2) is 5.13. The van der Waals surface area contributed by atoms with Gasteiger partial charge in [0, 0.05) is 12.3 Å². The van der Waals surface area contributed by atoms with Gasteiger partial charge in [0.1, 0.15) is 5.78 Å². The molecule has 0 saturated heterocycles. The van der Waals surface area contributed by atoms with Crippen molar-refractivity contribution < 1.29 is 14.3 Å². The normalized spacial score (nSPS) is 27.0. The number of ketones is 1. The van der Waals surface area contributed by atoms with E-state index in [1.807, 2.05) is 6.92 Å². The maximum atomic E-state index is 11.6. The lowest BCUT2D eigenvalue weighted by Crippen LogP contribution is -2.33. The zero-order valence-corrected chi connectivity index (χ0v) is 8.91. The van der Waals surface area contributed by atoms with Gasteiger partial charge in [-0.15, -0.1) is 0 Å². The molecular formula is C11H18O3. The maximum absolute atomic E-state index is 11.6. The second-order valence-corrected chi connectivity index (χ2v) is 3.84. The molecule has 2 atom stereocenters. The minimum atomic E-state index is -0.212. The Bertz CT molecular complexity index is 199. The van der Waals surface area contributed by atoms with Crippen LogP contribution in [0.15, 0.2) is 0 Å². The van der Waals surface area contributed by atoms with Crippen molar-refractivity contribution in [3.63, 3.8) is 0 Å². The smallest absolute Gasteiger partial charge is 0.309 e. The molecule has 80 valence electrons. The summed E-state index contributed by atoms with van der Waals surface area (Å²) in [7, 11) is 1.39. The lowest BCUT2D eigenvalue weighted by molar-refractivity contribution is -0.151. The molecule has 0 amide bonds. The van der Waals surface area contributed by atoms with Gasteiger partial charge >= 0.3 is 5.97 Å². The van der Waals surface area contributed by atoms with Crippen molar-refractivity contribution in [2.45, 2.75) is 39.0 Å². The van der Waals surface area contributed by atoms with E-state index in [1.54, 1.807) is 0 Å². The first-order valence-corrected chi connectivity index (χ1v) is 5.31. The Morgan fingerprint density at radius 2 is 1.79 bits per heavy atom. The molecule has 14 heavy (non-hydrogen) atoms. The first kappa shape index (κ1) is 11.2. The minimum Gasteiger partial charge on any atom is -0.469 e. The summed E-state index contributed by atoms with van der Waals surface area (Å²) in [6.07, 6.45) is 4.28. The number of ether oxygens (including phenoxy) is 1. The molecule has 0 aromatic carbocycles. The lowest BCUT2D eigenvalue weighted by atomic mass is 9.76. The molecule has 3 nitrogen and oxygen atoms in total. The van der Waals surface area contributed by atoms with E-state index in [0.29, 0.717) is 6.42 Å². The molecule has 0 bridgehead atoms. The van der Waals surface area contributed by atoms with Crippen molar-refractivity contribution in [1.29, 1.82) is 0 Å². The van der Waals surface area contributed by atoms with Crippen molar-refractivity contribution >= 4 is 11.8 Å². The van der Waals surface area contributed by atoms with Crippen molar-refractivity contribution in [2.24, 2.45) is 11.8 Å². The highest BCUT2D eigenvalue weighted by Crippen LogP contribution is 2.32. The number of hydrogen-bond donors (Lipinski definition) is 0. The van der Waals surface area contributed by atoms with Crippen molar-refractivity contribution in [3.05, 3.63) is 0 Å². The first-order chi connectivity index (χ1) is 6.70. The van der Waals surface area contributed by atoms with Gasteiger partial charge in [-0.25, -0.2) is 0 Å². The number of Topliss-reactive ketones (excluding diaryl/α,β-unsaturated/α-hetero) is 1. The molecule has 1 rings (SSSR count). The third kappa shape index (κ3) is 2.34. The standard InChI is InChI=1S/C11H18O3/c1-3-10(12)8-6-4-5-7-9(8)11(13)14-2/h8-9H,3-7H2,1-2H3. The van der Waals surface area contributed by atoms with Gasteiger partial charge in [-0.1, -0.05) is 19.8 Å². The van der Waals surface area contributed by atoms with Crippen molar-refractivity contribution in [3.8, 4) is 0 Å². The Morgan fingerprint density at radius 1 is 1.21 bits per heavy atom. The van der Waals surface area contributed by atoms with E-state index in [-0.39, 0.29) is 23.6 Å². The van der Waals surface area contributed by atoms with E-state index in [2.05, 4.69) is 0 Å². The zero-order valence-electron chi connectivity index (χ0n) is 8.91. The molecular weight excluding hydrogens is 180 g/mol. The van der Waals surface area contributed by atoms with E-state index >= 15 is 0 Å². The molecule has 2 unspecified atom stereocenters. The third-order valence-electron chi connectivity index (χ3n) is 3.03. The fourth-order valence-corrected chi connectivity index (χ4v) is 2.21. The minimum absolute atomic E-state index is 0.0822. The molecule has 0 aliphatic heterocycles. The Hall–Kier alpha value is -0.860. The fraction of sp³-hybridized carbons (Fsp3) is 0.818. The van der Waals surface area contributed by atoms with E-state index < -0.39 is 0 Å². The van der Waals surface area contributed by atoms with Crippen molar-refractivity contribution in [1.82, 2.24) is 0 Å². The summed E-state index contributed by atoms with van der Waals surface area (Å²) in [5, 5.41) is 0. The Labute approximate surface area is 84.8 Å². The molecule has 1 aliphatic rings. The molecule has 0 aromatic rings. The van der Waals surface area contributed by atoms with Crippen LogP contribution in [0.1, 0.15) is 39.0 Å². The summed E-state index contributed by atoms with van der Waals surface area (Å²) >= 11 is 0. The Balaban J connectivity index is 2.68. The van der Waals surface area contributed by atoms with Crippen LogP contribution in [0.25, 0.3) is 0 Å². The summed E-state index contributed by atoms with van der Waals surface area (Å²) in [4.78, 5) is 23.0. The van der Waals surface area contributed by atoms with Gasteiger partial charge in [0.05, 0.1) is 13.0 Å². The molecule has 0 heterocycles. The van der Waals surface area contributed by atoms with Gasteiger partial charge in [-0.05, 0) is 12.8 Å². The average Bonchev–Trinajstić information content (AvgIpc) is 2.27. The maximum Gasteiger partial charge on any atom is 0.309 e. The Morgan fingerprint density at radius 3 is 2.29 bits per heavy atom. The lowest BCUT2D eigenvalue weighted by Gasteiger charge is -2.27. The quantitative estimate of drug-likeness (QED) is 0.651. The number of hydrogen-bond acceptors (Lipinski definition) is 3. The molecule has 3 heteroatoms. The molecule has 0 N–H and O–H groups in total. The monoisotopic (exact) mass is 198 g/mol. The summed E-state index contributed by atoms with van der Waals surface area (Å²) in [5.41, 5.74) is 0. The third-order valence-corrected chi connectivity index (χ3v) is 3.03. The molecule has 0 radical (unpaired) electrons. The number of carbonyl (C=O) groups excluding carboxylic acids is 2. The van der Waals surface area contributed by atoms with Crippen LogP contribution in [0.2, 0.25) is 0 Å². The highest BCUT2D eigenvalue weighted by atomic mass is 16.5. The number of methoxy groups -OCH3 is 1. The van der Waals surface area contributed by atoms with E-state index in [4.69, 9.17) is 4.74 Å². The Kier molecular flexibility index (Phi) is 4.11. The van der Waals surface area contributed by atoms with Crippen LogP contribution >= 0.6 is 0 Å². The van der Waals surface area contributed by atoms with Gasteiger partial charge in [0.25, 0.3) is 0 Å². The van der Waals surface area contributed by atoms with Crippen LogP contribution in [0, 0.1) is 11.8 Å². The number of carbonyl (C=O) groups is 2. The highest BCUT2D eigenvalue weighted by molar-refractivity contribution is 5.86. The largest absolute Gasteiger partial charge is 0.469 e. The SMILES string of the molecule is CCC(=O)C1CCCCC1C(=O)OC. The van der Waals surface area contributed by atoms with E-state index in [9.17, 15) is 9.59 Å².